The Morgan fingerprint density at radius 3 is 2.33 bits per heavy atom. The van der Waals surface area contributed by atoms with Gasteiger partial charge in [0.25, 0.3) is 0 Å². The van der Waals surface area contributed by atoms with Crippen molar-refractivity contribution >= 4 is 6.09 Å². The van der Waals surface area contributed by atoms with Crippen LogP contribution < -0.4 is 5.73 Å². The third-order valence-corrected chi connectivity index (χ3v) is 2.83. The van der Waals surface area contributed by atoms with E-state index in [1.807, 2.05) is 51.1 Å². The van der Waals surface area contributed by atoms with Crippen LogP contribution in [-0.4, -0.2) is 12.2 Å². The molecular weight excluding hydrogens is 190 g/mol. The van der Waals surface area contributed by atoms with Crippen LogP contribution in [0.25, 0.3) is 0 Å². The first kappa shape index (κ1) is 11.6. The molecule has 0 radical (unpaired) electrons. The SMILES string of the molecule is CC(OC(N)=O)C(C)(C)c1ccccc1. The predicted octanol–water partition coefficient (Wildman–Crippen LogP) is 2.45. The highest BCUT2D eigenvalue weighted by Gasteiger charge is 2.30. The van der Waals surface area contributed by atoms with Gasteiger partial charge in [0.15, 0.2) is 0 Å². The van der Waals surface area contributed by atoms with Gasteiger partial charge < -0.3 is 10.5 Å². The fourth-order valence-electron chi connectivity index (χ4n) is 1.42. The monoisotopic (exact) mass is 207 g/mol. The van der Waals surface area contributed by atoms with Gasteiger partial charge in [-0.3, -0.25) is 0 Å². The maximum atomic E-state index is 10.7. The summed E-state index contributed by atoms with van der Waals surface area (Å²) in [6.07, 6.45) is -0.982. The molecule has 0 saturated heterocycles. The zero-order chi connectivity index (χ0) is 11.5. The predicted molar refractivity (Wildman–Crippen MR) is 59.6 cm³/mol. The summed E-state index contributed by atoms with van der Waals surface area (Å²) < 4.78 is 5.01. The molecule has 0 saturated carbocycles. The number of rotatable bonds is 3. The van der Waals surface area contributed by atoms with Gasteiger partial charge >= 0.3 is 6.09 Å². The van der Waals surface area contributed by atoms with E-state index in [9.17, 15) is 4.79 Å². The van der Waals surface area contributed by atoms with Gasteiger partial charge in [-0.2, -0.15) is 0 Å². The number of benzene rings is 1. The molecule has 15 heavy (non-hydrogen) atoms. The average molecular weight is 207 g/mol. The molecule has 3 nitrogen and oxygen atoms in total. The van der Waals surface area contributed by atoms with Crippen molar-refractivity contribution in [3.8, 4) is 0 Å². The van der Waals surface area contributed by atoms with Crippen LogP contribution in [-0.2, 0) is 10.2 Å². The lowest BCUT2D eigenvalue weighted by atomic mass is 9.80. The third-order valence-electron chi connectivity index (χ3n) is 2.83. The summed E-state index contributed by atoms with van der Waals surface area (Å²) in [4.78, 5) is 10.7. The van der Waals surface area contributed by atoms with E-state index in [2.05, 4.69) is 0 Å². The summed E-state index contributed by atoms with van der Waals surface area (Å²) in [5, 5.41) is 0. The Hall–Kier alpha value is -1.51. The largest absolute Gasteiger partial charge is 0.446 e. The van der Waals surface area contributed by atoms with Crippen molar-refractivity contribution in [3.05, 3.63) is 35.9 Å². The highest BCUT2D eigenvalue weighted by atomic mass is 16.6. The number of carbonyl (C=O) groups excluding carboxylic acids is 1. The van der Waals surface area contributed by atoms with Crippen LogP contribution in [0, 0.1) is 0 Å². The highest BCUT2D eigenvalue weighted by Crippen LogP contribution is 2.28. The van der Waals surface area contributed by atoms with E-state index in [0.717, 1.165) is 5.56 Å². The minimum absolute atomic E-state index is 0.240. The molecule has 0 aliphatic carbocycles. The fourth-order valence-corrected chi connectivity index (χ4v) is 1.42. The Bertz CT molecular complexity index is 333. The molecule has 0 aliphatic heterocycles. The first-order valence-electron chi connectivity index (χ1n) is 4.96. The molecule has 1 rings (SSSR count). The summed E-state index contributed by atoms with van der Waals surface area (Å²) in [5.41, 5.74) is 5.89. The molecule has 3 heteroatoms. The first-order chi connectivity index (χ1) is 6.94. The number of carbonyl (C=O) groups is 1. The molecule has 1 aromatic carbocycles. The molecule has 0 aliphatic rings. The summed E-state index contributed by atoms with van der Waals surface area (Å²) >= 11 is 0. The van der Waals surface area contributed by atoms with Crippen molar-refractivity contribution in [2.75, 3.05) is 0 Å². The van der Waals surface area contributed by atoms with Crippen LogP contribution in [0.5, 0.6) is 0 Å². The molecule has 0 spiro atoms. The van der Waals surface area contributed by atoms with Gasteiger partial charge in [0.1, 0.15) is 6.10 Å². The Morgan fingerprint density at radius 1 is 1.33 bits per heavy atom. The van der Waals surface area contributed by atoms with Crippen LogP contribution in [0.1, 0.15) is 26.3 Å². The number of hydrogen-bond donors (Lipinski definition) is 1. The van der Waals surface area contributed by atoms with Crippen LogP contribution >= 0.6 is 0 Å². The van der Waals surface area contributed by atoms with Gasteiger partial charge in [0.2, 0.25) is 0 Å². The molecule has 1 amide bonds. The van der Waals surface area contributed by atoms with E-state index >= 15 is 0 Å². The van der Waals surface area contributed by atoms with E-state index in [4.69, 9.17) is 10.5 Å². The molecule has 82 valence electrons. The number of hydrogen-bond acceptors (Lipinski definition) is 2. The van der Waals surface area contributed by atoms with Gasteiger partial charge in [-0.15, -0.1) is 0 Å². The third kappa shape index (κ3) is 2.72. The number of ether oxygens (including phenoxy) is 1. The molecule has 2 N–H and O–H groups in total. The standard InChI is InChI=1S/C12H17NO2/c1-9(15-11(13)14)12(2,3)10-7-5-4-6-8-10/h4-9H,1-3H3,(H2,13,14). The average Bonchev–Trinajstić information content (AvgIpc) is 2.18. The highest BCUT2D eigenvalue weighted by molar-refractivity contribution is 5.65. The second-order valence-corrected chi connectivity index (χ2v) is 4.17. The van der Waals surface area contributed by atoms with Crippen LogP contribution in [0.2, 0.25) is 0 Å². The van der Waals surface area contributed by atoms with E-state index in [1.165, 1.54) is 0 Å². The molecule has 0 aromatic heterocycles. The molecule has 0 bridgehead atoms. The molecule has 0 fully saturated rings. The zero-order valence-electron chi connectivity index (χ0n) is 9.36. The Morgan fingerprint density at radius 2 is 1.87 bits per heavy atom. The van der Waals surface area contributed by atoms with Crippen molar-refractivity contribution in [3.63, 3.8) is 0 Å². The second kappa shape index (κ2) is 4.34. The Balaban J connectivity index is 2.87. The van der Waals surface area contributed by atoms with E-state index < -0.39 is 6.09 Å². The smallest absolute Gasteiger partial charge is 0.404 e. The Kier molecular flexibility index (Phi) is 3.35. The quantitative estimate of drug-likeness (QED) is 0.827. The molecule has 1 aromatic rings. The van der Waals surface area contributed by atoms with Gasteiger partial charge in [-0.05, 0) is 12.5 Å². The topological polar surface area (TPSA) is 52.3 Å². The second-order valence-electron chi connectivity index (χ2n) is 4.17. The van der Waals surface area contributed by atoms with Crippen LogP contribution in [0.15, 0.2) is 30.3 Å². The summed E-state index contributed by atoms with van der Waals surface area (Å²) in [7, 11) is 0. The maximum absolute atomic E-state index is 10.7. The maximum Gasteiger partial charge on any atom is 0.404 e. The van der Waals surface area contributed by atoms with Crippen molar-refractivity contribution in [1.29, 1.82) is 0 Å². The number of nitrogens with two attached hydrogens (primary N) is 1. The minimum Gasteiger partial charge on any atom is -0.446 e. The molecular formula is C12H17NO2. The lowest BCUT2D eigenvalue weighted by Crippen LogP contribution is -2.36. The molecule has 1 atom stereocenters. The van der Waals surface area contributed by atoms with Crippen molar-refractivity contribution in [1.82, 2.24) is 0 Å². The summed E-state index contributed by atoms with van der Waals surface area (Å²) in [6.45, 7) is 5.89. The van der Waals surface area contributed by atoms with Gasteiger partial charge in [-0.1, -0.05) is 44.2 Å². The molecule has 1 unspecified atom stereocenters. The van der Waals surface area contributed by atoms with Crippen molar-refractivity contribution in [2.24, 2.45) is 5.73 Å². The zero-order valence-corrected chi connectivity index (χ0v) is 9.36. The molecule has 0 heterocycles. The summed E-state index contributed by atoms with van der Waals surface area (Å²) in [6, 6.07) is 9.92. The van der Waals surface area contributed by atoms with Crippen molar-refractivity contribution in [2.45, 2.75) is 32.3 Å². The minimum atomic E-state index is -0.730. The lowest BCUT2D eigenvalue weighted by Gasteiger charge is -2.31. The van der Waals surface area contributed by atoms with Crippen LogP contribution in [0.3, 0.4) is 0 Å². The van der Waals surface area contributed by atoms with E-state index in [-0.39, 0.29) is 11.5 Å². The van der Waals surface area contributed by atoms with Crippen molar-refractivity contribution < 1.29 is 9.53 Å². The van der Waals surface area contributed by atoms with E-state index in [1.54, 1.807) is 0 Å². The van der Waals surface area contributed by atoms with Gasteiger partial charge in [-0.25, -0.2) is 4.79 Å². The summed E-state index contributed by atoms with van der Waals surface area (Å²) in [5.74, 6) is 0. The van der Waals surface area contributed by atoms with E-state index in [0.29, 0.717) is 0 Å². The van der Waals surface area contributed by atoms with Gasteiger partial charge in [0.05, 0.1) is 0 Å². The normalized spacial score (nSPS) is 13.3. The fraction of sp³-hybridized carbons (Fsp3) is 0.417. The van der Waals surface area contributed by atoms with Crippen LogP contribution in [0.4, 0.5) is 4.79 Å². The first-order valence-corrected chi connectivity index (χ1v) is 4.96. The Labute approximate surface area is 90.2 Å². The number of amides is 1. The van der Waals surface area contributed by atoms with Gasteiger partial charge in [0, 0.05) is 5.41 Å². The number of primary amides is 1. The lowest BCUT2D eigenvalue weighted by molar-refractivity contribution is 0.0748.